The van der Waals surface area contributed by atoms with Gasteiger partial charge in [-0.1, -0.05) is 109 Å². The number of nitrogens with zero attached hydrogens (tertiary/aromatic N) is 5. The van der Waals surface area contributed by atoms with E-state index in [1.54, 1.807) is 0 Å². The minimum Gasteiger partial charge on any atom is -0.307 e. The number of para-hydroxylation sites is 3. The first-order valence-electron chi connectivity index (χ1n) is 13.6. The van der Waals surface area contributed by atoms with Crippen LogP contribution in [0.15, 0.2) is 140 Å². The van der Waals surface area contributed by atoms with Gasteiger partial charge in [0.1, 0.15) is 0 Å². The van der Waals surface area contributed by atoms with Crippen molar-refractivity contribution in [1.29, 1.82) is 0 Å². The standard InChI is InChI=1S/C36H23N5/c1-3-12-24(13-4-1)34-38-35(25-14-5-2-6-15-25)40-36(39-34)29-22-23-37-33-28(29)18-11-21-32(33)41-30-19-9-7-16-26(30)27-17-8-10-20-31(27)41/h1-23H. The molecular formula is C36H23N5. The molecule has 5 aromatic carbocycles. The van der Waals surface area contributed by atoms with E-state index in [1.165, 1.54) is 10.8 Å². The van der Waals surface area contributed by atoms with Crippen molar-refractivity contribution in [1.82, 2.24) is 24.5 Å². The monoisotopic (exact) mass is 525 g/mol. The highest BCUT2D eigenvalue weighted by Gasteiger charge is 2.18. The van der Waals surface area contributed by atoms with Gasteiger partial charge >= 0.3 is 0 Å². The van der Waals surface area contributed by atoms with Gasteiger partial charge < -0.3 is 4.57 Å². The fourth-order valence-corrected chi connectivity index (χ4v) is 5.65. The zero-order valence-electron chi connectivity index (χ0n) is 22.0. The lowest BCUT2D eigenvalue weighted by Crippen LogP contribution is -2.02. The summed E-state index contributed by atoms with van der Waals surface area (Å²) in [5.41, 5.74) is 6.99. The molecule has 0 amide bonds. The Kier molecular flexibility index (Phi) is 5.38. The van der Waals surface area contributed by atoms with Crippen LogP contribution in [0.3, 0.4) is 0 Å². The van der Waals surface area contributed by atoms with Crippen molar-refractivity contribution in [3.05, 3.63) is 140 Å². The van der Waals surface area contributed by atoms with Gasteiger partial charge in [-0.25, -0.2) is 15.0 Å². The minimum absolute atomic E-state index is 0.615. The topological polar surface area (TPSA) is 56.5 Å². The number of rotatable bonds is 4. The Labute approximate surface area is 236 Å². The fourth-order valence-electron chi connectivity index (χ4n) is 5.65. The van der Waals surface area contributed by atoms with Crippen molar-refractivity contribution in [3.8, 4) is 39.9 Å². The average molecular weight is 526 g/mol. The highest BCUT2D eigenvalue weighted by molar-refractivity contribution is 6.10. The molecule has 0 fully saturated rings. The highest BCUT2D eigenvalue weighted by Crippen LogP contribution is 2.36. The molecule has 3 aromatic heterocycles. The van der Waals surface area contributed by atoms with Gasteiger partial charge in [0.15, 0.2) is 17.5 Å². The van der Waals surface area contributed by atoms with Crippen LogP contribution in [0.1, 0.15) is 0 Å². The first kappa shape index (κ1) is 23.2. The van der Waals surface area contributed by atoms with Gasteiger partial charge in [-0.2, -0.15) is 0 Å². The molecule has 0 saturated carbocycles. The van der Waals surface area contributed by atoms with Crippen molar-refractivity contribution < 1.29 is 0 Å². The van der Waals surface area contributed by atoms with E-state index in [2.05, 4.69) is 71.3 Å². The van der Waals surface area contributed by atoms with Crippen LogP contribution in [-0.2, 0) is 0 Å². The zero-order valence-corrected chi connectivity index (χ0v) is 22.0. The van der Waals surface area contributed by atoms with E-state index in [0.717, 1.165) is 44.3 Å². The molecule has 0 bridgehead atoms. The molecule has 5 heteroatoms. The SMILES string of the molecule is c1ccc(-c2nc(-c3ccccc3)nc(-c3ccnc4c(-n5c6ccccc6c6ccccc65)cccc34)n2)cc1. The number of fused-ring (bicyclic) bond motifs is 4. The molecule has 0 unspecified atom stereocenters. The Bertz CT molecular complexity index is 2090. The Balaban J connectivity index is 1.39. The lowest BCUT2D eigenvalue weighted by Gasteiger charge is -2.13. The summed E-state index contributed by atoms with van der Waals surface area (Å²) in [5.74, 6) is 1.89. The largest absolute Gasteiger partial charge is 0.307 e. The maximum absolute atomic E-state index is 4.99. The molecule has 8 aromatic rings. The normalized spacial score (nSPS) is 11.4. The molecule has 0 atom stereocenters. The number of hydrogen-bond acceptors (Lipinski definition) is 4. The molecule has 0 radical (unpaired) electrons. The Morgan fingerprint density at radius 1 is 0.415 bits per heavy atom. The first-order chi connectivity index (χ1) is 20.3. The van der Waals surface area contributed by atoms with Crippen LogP contribution in [0.2, 0.25) is 0 Å². The molecule has 41 heavy (non-hydrogen) atoms. The van der Waals surface area contributed by atoms with Gasteiger partial charge in [-0.05, 0) is 24.3 Å². The third-order valence-corrected chi connectivity index (χ3v) is 7.51. The number of benzene rings is 5. The third-order valence-electron chi connectivity index (χ3n) is 7.51. The van der Waals surface area contributed by atoms with E-state index in [9.17, 15) is 0 Å². The van der Waals surface area contributed by atoms with Crippen LogP contribution in [0.25, 0.3) is 72.6 Å². The third kappa shape index (κ3) is 3.86. The van der Waals surface area contributed by atoms with Crippen molar-refractivity contribution in [3.63, 3.8) is 0 Å². The number of hydrogen-bond donors (Lipinski definition) is 0. The molecule has 0 aliphatic carbocycles. The van der Waals surface area contributed by atoms with Gasteiger partial charge in [0.2, 0.25) is 0 Å². The molecule has 0 spiro atoms. The van der Waals surface area contributed by atoms with Gasteiger partial charge in [-0.15, -0.1) is 0 Å². The lowest BCUT2D eigenvalue weighted by molar-refractivity contribution is 1.07. The summed E-state index contributed by atoms with van der Waals surface area (Å²) < 4.78 is 2.31. The van der Waals surface area contributed by atoms with E-state index in [1.807, 2.05) is 72.9 Å². The molecule has 0 N–H and O–H groups in total. The van der Waals surface area contributed by atoms with Crippen LogP contribution >= 0.6 is 0 Å². The maximum atomic E-state index is 4.99. The Morgan fingerprint density at radius 3 is 1.54 bits per heavy atom. The summed E-state index contributed by atoms with van der Waals surface area (Å²) in [6.45, 7) is 0. The van der Waals surface area contributed by atoms with E-state index in [4.69, 9.17) is 19.9 Å². The average Bonchev–Trinajstić information content (AvgIpc) is 3.39. The van der Waals surface area contributed by atoms with Gasteiger partial charge in [0.05, 0.1) is 22.2 Å². The first-order valence-corrected chi connectivity index (χ1v) is 13.6. The molecular weight excluding hydrogens is 502 g/mol. The predicted molar refractivity (Wildman–Crippen MR) is 166 cm³/mol. The number of pyridine rings is 1. The van der Waals surface area contributed by atoms with Crippen LogP contribution in [0, 0.1) is 0 Å². The molecule has 5 nitrogen and oxygen atoms in total. The summed E-state index contributed by atoms with van der Waals surface area (Å²) in [5, 5.41) is 3.42. The van der Waals surface area contributed by atoms with Gasteiger partial charge in [0, 0.05) is 39.0 Å². The second-order valence-electron chi connectivity index (χ2n) is 9.94. The summed E-state index contributed by atoms with van der Waals surface area (Å²) >= 11 is 0. The summed E-state index contributed by atoms with van der Waals surface area (Å²) in [6.07, 6.45) is 1.85. The van der Waals surface area contributed by atoms with Crippen LogP contribution < -0.4 is 0 Å². The van der Waals surface area contributed by atoms with E-state index in [-0.39, 0.29) is 0 Å². The molecule has 3 heterocycles. The molecule has 192 valence electrons. The van der Waals surface area contributed by atoms with Crippen molar-refractivity contribution in [2.24, 2.45) is 0 Å². The summed E-state index contributed by atoms with van der Waals surface area (Å²) in [4.78, 5) is 19.7. The Hall–Kier alpha value is -5.68. The lowest BCUT2D eigenvalue weighted by atomic mass is 10.1. The van der Waals surface area contributed by atoms with Crippen LogP contribution in [0.5, 0.6) is 0 Å². The summed E-state index contributed by atoms with van der Waals surface area (Å²) in [7, 11) is 0. The van der Waals surface area contributed by atoms with Crippen LogP contribution in [0.4, 0.5) is 0 Å². The second-order valence-corrected chi connectivity index (χ2v) is 9.94. The predicted octanol–water partition coefficient (Wildman–Crippen LogP) is 8.52. The molecule has 0 aliphatic rings. The molecule has 0 aliphatic heterocycles. The van der Waals surface area contributed by atoms with Crippen molar-refractivity contribution in [2.75, 3.05) is 0 Å². The zero-order chi connectivity index (χ0) is 27.2. The van der Waals surface area contributed by atoms with Crippen molar-refractivity contribution in [2.45, 2.75) is 0 Å². The van der Waals surface area contributed by atoms with Crippen molar-refractivity contribution >= 4 is 32.7 Å². The van der Waals surface area contributed by atoms with E-state index in [0.29, 0.717) is 17.5 Å². The van der Waals surface area contributed by atoms with E-state index < -0.39 is 0 Å². The summed E-state index contributed by atoms with van der Waals surface area (Å²) in [6, 6.07) is 45.5. The molecule has 8 rings (SSSR count). The second kappa shape index (κ2) is 9.50. The Morgan fingerprint density at radius 2 is 0.927 bits per heavy atom. The van der Waals surface area contributed by atoms with Gasteiger partial charge in [-0.3, -0.25) is 4.98 Å². The van der Waals surface area contributed by atoms with Crippen LogP contribution in [-0.4, -0.2) is 24.5 Å². The fraction of sp³-hybridized carbons (Fsp3) is 0. The smallest absolute Gasteiger partial charge is 0.164 e. The highest BCUT2D eigenvalue weighted by atomic mass is 15.0. The maximum Gasteiger partial charge on any atom is 0.164 e. The quantitative estimate of drug-likeness (QED) is 0.231. The number of aromatic nitrogens is 5. The van der Waals surface area contributed by atoms with Gasteiger partial charge in [0.25, 0.3) is 0 Å². The van der Waals surface area contributed by atoms with E-state index >= 15 is 0 Å². The molecule has 0 saturated heterocycles. The minimum atomic E-state index is 0.615.